The van der Waals surface area contributed by atoms with E-state index in [1.165, 1.54) is 16.1 Å². The highest BCUT2D eigenvalue weighted by atomic mass is 32.2. The molecule has 11 heteroatoms. The molecule has 2 fully saturated rings. The van der Waals surface area contributed by atoms with Crippen LogP contribution in [0.25, 0.3) is 0 Å². The second-order valence-electron chi connectivity index (χ2n) is 6.05. The number of halogens is 1. The highest BCUT2D eigenvalue weighted by Gasteiger charge is 2.41. The number of rotatable bonds is 3. The predicted molar refractivity (Wildman–Crippen MR) is 88.0 cm³/mol. The van der Waals surface area contributed by atoms with E-state index in [-0.39, 0.29) is 36.8 Å². The van der Waals surface area contributed by atoms with E-state index in [1.54, 1.807) is 0 Å². The van der Waals surface area contributed by atoms with E-state index in [0.717, 1.165) is 18.2 Å². The minimum atomic E-state index is -3.95. The number of hydrogen-bond donors (Lipinski definition) is 2. The van der Waals surface area contributed by atoms with Gasteiger partial charge in [0.1, 0.15) is 5.82 Å². The molecule has 2 heterocycles. The highest BCUT2D eigenvalue weighted by Crippen LogP contribution is 2.25. The number of carbonyl (C=O) groups excluding carboxylic acids is 3. The van der Waals surface area contributed by atoms with E-state index >= 15 is 0 Å². The first-order valence-corrected chi connectivity index (χ1v) is 9.30. The summed E-state index contributed by atoms with van der Waals surface area (Å²) in [6.45, 7) is 1.48. The van der Waals surface area contributed by atoms with Crippen molar-refractivity contribution in [2.45, 2.75) is 17.9 Å². The predicted octanol–water partition coefficient (Wildman–Crippen LogP) is -0.885. The van der Waals surface area contributed by atoms with Gasteiger partial charge in [0.15, 0.2) is 0 Å². The number of sulfonamides is 1. The molecule has 0 saturated carbocycles. The number of hydrogen-bond acceptors (Lipinski definition) is 5. The normalized spacial score (nSPS) is 21.2. The second-order valence-corrected chi connectivity index (χ2v) is 7.99. The molecule has 2 saturated heterocycles. The maximum absolute atomic E-state index is 13.8. The van der Waals surface area contributed by atoms with Crippen LogP contribution >= 0.6 is 0 Å². The molecule has 2 N–H and O–H groups in total. The minimum absolute atomic E-state index is 0.0151. The summed E-state index contributed by atoms with van der Waals surface area (Å²) in [4.78, 5) is 35.6. The van der Waals surface area contributed by atoms with E-state index in [1.807, 2.05) is 0 Å². The van der Waals surface area contributed by atoms with Crippen LogP contribution in [0.15, 0.2) is 23.1 Å². The van der Waals surface area contributed by atoms with Gasteiger partial charge in [-0.2, -0.15) is 4.31 Å². The van der Waals surface area contributed by atoms with Gasteiger partial charge < -0.3 is 15.5 Å². The highest BCUT2D eigenvalue weighted by molar-refractivity contribution is 7.89. The van der Waals surface area contributed by atoms with Crippen LogP contribution < -0.4 is 10.6 Å². The summed E-state index contributed by atoms with van der Waals surface area (Å²) >= 11 is 0. The fraction of sp³-hybridized carbons (Fsp3) is 0.400. The number of fused-ring (bicyclic) bond motifs is 1. The number of carbonyl (C=O) groups is 3. The molecule has 3 rings (SSSR count). The van der Waals surface area contributed by atoms with Crippen molar-refractivity contribution < 1.29 is 27.2 Å². The third-order valence-electron chi connectivity index (χ3n) is 4.29. The Hall–Kier alpha value is -2.53. The summed E-state index contributed by atoms with van der Waals surface area (Å²) in [5, 5.41) is 4.68. The number of nitrogens with zero attached hydrogens (tertiary/aromatic N) is 2. The molecule has 0 aliphatic carbocycles. The van der Waals surface area contributed by atoms with Gasteiger partial charge in [0.2, 0.25) is 15.9 Å². The Bertz CT molecular complexity index is 888. The summed E-state index contributed by atoms with van der Waals surface area (Å²) in [5.74, 6) is -2.64. The van der Waals surface area contributed by atoms with Gasteiger partial charge in [0.25, 0.3) is 0 Å². The molecule has 1 aromatic rings. The first kappa shape index (κ1) is 18.3. The molecule has 0 bridgehead atoms. The number of nitrogens with one attached hydrogen (secondary N) is 2. The molecule has 0 aromatic heterocycles. The third-order valence-corrected chi connectivity index (χ3v) is 6.15. The molecule has 2 aliphatic heterocycles. The van der Waals surface area contributed by atoms with Gasteiger partial charge in [0.05, 0.1) is 16.6 Å². The van der Waals surface area contributed by atoms with Crippen molar-refractivity contribution in [3.05, 3.63) is 24.0 Å². The van der Waals surface area contributed by atoms with Crippen LogP contribution in [-0.4, -0.2) is 67.6 Å². The smallest absolute Gasteiger partial charge is 0.312 e. The molecular weight excluding hydrogens is 367 g/mol. The zero-order chi connectivity index (χ0) is 19.1. The summed E-state index contributed by atoms with van der Waals surface area (Å²) in [6.07, 6.45) is 0. The molecule has 140 valence electrons. The average Bonchev–Trinajstić information content (AvgIpc) is 2.59. The Morgan fingerprint density at radius 3 is 2.73 bits per heavy atom. The molecule has 26 heavy (non-hydrogen) atoms. The molecule has 3 amide bonds. The lowest BCUT2D eigenvalue weighted by atomic mass is 10.1. The first-order chi connectivity index (χ1) is 12.2. The lowest BCUT2D eigenvalue weighted by Crippen LogP contribution is -2.65. The maximum atomic E-state index is 13.8. The van der Waals surface area contributed by atoms with Crippen molar-refractivity contribution in [1.82, 2.24) is 14.5 Å². The fourth-order valence-corrected chi connectivity index (χ4v) is 4.50. The molecule has 0 spiro atoms. The van der Waals surface area contributed by atoms with Crippen molar-refractivity contribution in [3.63, 3.8) is 0 Å². The van der Waals surface area contributed by atoms with Crippen molar-refractivity contribution in [2.24, 2.45) is 0 Å². The summed E-state index contributed by atoms with van der Waals surface area (Å²) in [6, 6.07) is 2.69. The summed E-state index contributed by atoms with van der Waals surface area (Å²) < 4.78 is 40.7. The molecule has 0 radical (unpaired) electrons. The lowest BCUT2D eigenvalue weighted by Gasteiger charge is -2.42. The molecule has 9 nitrogen and oxygen atoms in total. The monoisotopic (exact) mass is 384 g/mol. The van der Waals surface area contributed by atoms with E-state index in [4.69, 9.17) is 0 Å². The Morgan fingerprint density at radius 1 is 1.31 bits per heavy atom. The van der Waals surface area contributed by atoms with Crippen LogP contribution in [0.2, 0.25) is 0 Å². The quantitative estimate of drug-likeness (QED) is 0.657. The summed E-state index contributed by atoms with van der Waals surface area (Å²) in [5.41, 5.74) is -0.225. The average molecular weight is 384 g/mol. The Balaban J connectivity index is 1.84. The van der Waals surface area contributed by atoms with Crippen LogP contribution in [0.5, 0.6) is 0 Å². The van der Waals surface area contributed by atoms with Crippen molar-refractivity contribution in [3.8, 4) is 0 Å². The van der Waals surface area contributed by atoms with E-state index in [0.29, 0.717) is 0 Å². The molecule has 1 aromatic carbocycles. The Morgan fingerprint density at radius 2 is 2.04 bits per heavy atom. The summed E-state index contributed by atoms with van der Waals surface area (Å²) in [7, 11) is -3.95. The number of anilines is 1. The van der Waals surface area contributed by atoms with Crippen LogP contribution in [0.3, 0.4) is 0 Å². The van der Waals surface area contributed by atoms with Crippen LogP contribution in [0.4, 0.5) is 10.1 Å². The van der Waals surface area contributed by atoms with Gasteiger partial charge in [-0.25, -0.2) is 12.8 Å². The van der Waals surface area contributed by atoms with Gasteiger partial charge >= 0.3 is 11.8 Å². The molecule has 2 aliphatic rings. The zero-order valence-corrected chi connectivity index (χ0v) is 14.7. The number of amides is 3. The van der Waals surface area contributed by atoms with Crippen molar-refractivity contribution in [1.29, 1.82) is 0 Å². The maximum Gasteiger partial charge on any atom is 0.312 e. The van der Waals surface area contributed by atoms with E-state index < -0.39 is 39.6 Å². The lowest BCUT2D eigenvalue weighted by molar-refractivity contribution is -0.151. The van der Waals surface area contributed by atoms with Gasteiger partial charge in [0, 0.05) is 33.1 Å². The van der Waals surface area contributed by atoms with Crippen molar-refractivity contribution in [2.75, 3.05) is 31.5 Å². The first-order valence-electron chi connectivity index (χ1n) is 7.86. The minimum Gasteiger partial charge on any atom is -0.346 e. The van der Waals surface area contributed by atoms with Gasteiger partial charge in [-0.05, 0) is 18.2 Å². The van der Waals surface area contributed by atoms with Gasteiger partial charge in [-0.15, -0.1) is 0 Å². The Kier molecular flexibility index (Phi) is 4.67. The van der Waals surface area contributed by atoms with E-state index in [9.17, 15) is 27.2 Å². The number of benzene rings is 1. The van der Waals surface area contributed by atoms with Crippen LogP contribution in [0.1, 0.15) is 6.92 Å². The van der Waals surface area contributed by atoms with E-state index in [2.05, 4.69) is 10.6 Å². The van der Waals surface area contributed by atoms with Crippen molar-refractivity contribution >= 4 is 33.4 Å². The second kappa shape index (κ2) is 6.65. The van der Waals surface area contributed by atoms with Crippen LogP contribution in [0, 0.1) is 5.82 Å². The zero-order valence-electron chi connectivity index (χ0n) is 13.9. The number of piperazine rings is 2. The molecule has 0 unspecified atom stereocenters. The molecular formula is C15H17FN4O5S. The topological polar surface area (TPSA) is 116 Å². The van der Waals surface area contributed by atoms with Gasteiger partial charge in [-0.1, -0.05) is 0 Å². The van der Waals surface area contributed by atoms with Gasteiger partial charge in [-0.3, -0.25) is 14.4 Å². The largest absolute Gasteiger partial charge is 0.346 e. The molecule has 1 atom stereocenters. The Labute approximate surface area is 149 Å². The van der Waals surface area contributed by atoms with Crippen LogP contribution in [-0.2, 0) is 24.4 Å². The third kappa shape index (κ3) is 3.27. The SMILES string of the molecule is CC(=O)Nc1cc(S(=O)(=O)N2CCN3C(=O)C(=O)NC[C@H]3C2)ccc1F. The fourth-order valence-electron chi connectivity index (χ4n) is 3.00. The standard InChI is InChI=1S/C15H17FN4O5S/c1-9(21)18-13-6-11(2-3-12(13)16)26(24,25)19-4-5-20-10(8-19)7-17-14(22)15(20)23/h2-3,6,10H,4-5,7-8H2,1H3,(H,17,22)(H,18,21)/t10-/m0/s1.